The molecular weight excluding hydrogens is 262 g/mol. The van der Waals surface area contributed by atoms with E-state index >= 15 is 0 Å². The number of nitrogens with zero attached hydrogens (tertiary/aromatic N) is 3. The lowest BCUT2D eigenvalue weighted by atomic mass is 10.2. The minimum Gasteiger partial charge on any atom is -0.340 e. The third kappa shape index (κ3) is 2.89. The molecule has 1 aromatic carbocycles. The number of carbonyl (C=O) groups is 1. The average molecular weight is 280 g/mol. The van der Waals surface area contributed by atoms with Crippen molar-refractivity contribution in [2.24, 2.45) is 7.05 Å². The van der Waals surface area contributed by atoms with Crippen LogP contribution in [0.1, 0.15) is 23.8 Å². The Morgan fingerprint density at radius 1 is 1.47 bits per heavy atom. The number of hydrogen-bond acceptors (Lipinski definition) is 2. The molecule has 0 saturated heterocycles. The van der Waals surface area contributed by atoms with E-state index in [1.165, 1.54) is 0 Å². The molecule has 0 aliphatic rings. The molecule has 2 rings (SSSR count). The van der Waals surface area contributed by atoms with E-state index in [1.54, 1.807) is 16.6 Å². The molecule has 0 saturated carbocycles. The molecule has 1 atom stereocenters. The second-order valence-electron chi connectivity index (χ2n) is 4.79. The van der Waals surface area contributed by atoms with Crippen LogP contribution in [0, 0.1) is 0 Å². The zero-order chi connectivity index (χ0) is 14.0. The van der Waals surface area contributed by atoms with Crippen LogP contribution in [-0.4, -0.2) is 39.6 Å². The quantitative estimate of drug-likeness (QED) is 0.807. The summed E-state index contributed by atoms with van der Waals surface area (Å²) in [6, 6.07) is 7.74. The molecule has 0 aliphatic carbocycles. The highest BCUT2D eigenvalue weighted by atomic mass is 35.5. The van der Waals surface area contributed by atoms with Gasteiger partial charge in [0.05, 0.1) is 5.52 Å². The topological polar surface area (TPSA) is 38.1 Å². The van der Waals surface area contributed by atoms with E-state index in [0.29, 0.717) is 12.2 Å². The number of aryl methyl sites for hydroxylation is 1. The highest BCUT2D eigenvalue weighted by Crippen LogP contribution is 2.18. The summed E-state index contributed by atoms with van der Waals surface area (Å²) in [7, 11) is 3.63. The maximum atomic E-state index is 12.4. The molecule has 1 amide bonds. The molecule has 0 spiro atoms. The van der Waals surface area contributed by atoms with Gasteiger partial charge in [0.15, 0.2) is 5.69 Å². The van der Waals surface area contributed by atoms with Crippen LogP contribution in [0.15, 0.2) is 24.3 Å². The van der Waals surface area contributed by atoms with Crippen molar-refractivity contribution in [2.45, 2.75) is 18.7 Å². The minimum atomic E-state index is -0.0610. The Hall–Kier alpha value is -1.55. The summed E-state index contributed by atoms with van der Waals surface area (Å²) in [4.78, 5) is 14.1. The fourth-order valence-corrected chi connectivity index (χ4v) is 2.12. The van der Waals surface area contributed by atoms with Crippen molar-refractivity contribution in [1.29, 1.82) is 0 Å². The van der Waals surface area contributed by atoms with Crippen molar-refractivity contribution in [3.8, 4) is 0 Å². The van der Waals surface area contributed by atoms with Crippen molar-refractivity contribution < 1.29 is 4.79 Å². The molecule has 0 radical (unpaired) electrons. The van der Waals surface area contributed by atoms with Gasteiger partial charge in [-0.2, -0.15) is 5.10 Å². The Bertz CT molecular complexity index is 591. The van der Waals surface area contributed by atoms with E-state index in [2.05, 4.69) is 5.10 Å². The highest BCUT2D eigenvalue weighted by molar-refractivity contribution is 6.20. The minimum absolute atomic E-state index is 0.0610. The van der Waals surface area contributed by atoms with Crippen molar-refractivity contribution in [1.82, 2.24) is 14.7 Å². The van der Waals surface area contributed by atoms with Crippen LogP contribution in [0.5, 0.6) is 0 Å². The number of fused-ring (bicyclic) bond motifs is 1. The number of carbonyl (C=O) groups excluding carboxylic acids is 1. The molecule has 1 unspecified atom stereocenters. The van der Waals surface area contributed by atoms with Crippen LogP contribution in [0.3, 0.4) is 0 Å². The van der Waals surface area contributed by atoms with Crippen LogP contribution in [-0.2, 0) is 7.05 Å². The number of para-hydroxylation sites is 1. The second-order valence-corrected chi connectivity index (χ2v) is 5.53. The molecule has 0 N–H and O–H groups in total. The molecule has 5 heteroatoms. The van der Waals surface area contributed by atoms with Gasteiger partial charge in [-0.1, -0.05) is 18.2 Å². The van der Waals surface area contributed by atoms with Crippen LogP contribution in [0.25, 0.3) is 10.9 Å². The van der Waals surface area contributed by atoms with Crippen molar-refractivity contribution in [2.75, 3.05) is 13.6 Å². The Balaban J connectivity index is 2.26. The lowest BCUT2D eigenvalue weighted by Crippen LogP contribution is -2.29. The number of amides is 1. The standard InChI is InChI=1S/C14H18ClN3O/c1-10(15)8-9-17(2)14(19)13-11-6-4-5-7-12(11)18(3)16-13/h4-7,10H,8-9H2,1-3H3. The predicted octanol–water partition coefficient (Wildman–Crippen LogP) is 2.66. The van der Waals surface area contributed by atoms with E-state index in [-0.39, 0.29) is 11.3 Å². The SMILES string of the molecule is CC(Cl)CCN(C)C(=O)c1nn(C)c2ccccc12. The van der Waals surface area contributed by atoms with Crippen molar-refractivity contribution in [3.05, 3.63) is 30.0 Å². The van der Waals surface area contributed by atoms with Crippen LogP contribution in [0.2, 0.25) is 0 Å². The number of halogens is 1. The molecule has 0 bridgehead atoms. The van der Waals surface area contributed by atoms with Crippen molar-refractivity contribution in [3.63, 3.8) is 0 Å². The van der Waals surface area contributed by atoms with Gasteiger partial charge >= 0.3 is 0 Å². The van der Waals surface area contributed by atoms with Crippen LogP contribution >= 0.6 is 11.6 Å². The van der Waals surface area contributed by atoms with Gasteiger partial charge in [0.2, 0.25) is 0 Å². The zero-order valence-corrected chi connectivity index (χ0v) is 12.2. The maximum absolute atomic E-state index is 12.4. The van der Waals surface area contributed by atoms with E-state index in [4.69, 9.17) is 11.6 Å². The number of rotatable bonds is 4. The second kappa shape index (κ2) is 5.61. The third-order valence-electron chi connectivity index (χ3n) is 3.17. The summed E-state index contributed by atoms with van der Waals surface area (Å²) in [5.74, 6) is -0.0610. The number of aromatic nitrogens is 2. The fraction of sp³-hybridized carbons (Fsp3) is 0.429. The molecule has 1 aromatic heterocycles. The summed E-state index contributed by atoms with van der Waals surface area (Å²) < 4.78 is 1.74. The molecule has 1 heterocycles. The van der Waals surface area contributed by atoms with Gasteiger partial charge in [-0.3, -0.25) is 9.48 Å². The molecule has 0 fully saturated rings. The first kappa shape index (κ1) is 13.9. The summed E-state index contributed by atoms with van der Waals surface area (Å²) in [5, 5.41) is 5.29. The Kier molecular flexibility index (Phi) is 4.10. The molecule has 102 valence electrons. The Labute approximate surface area is 117 Å². The van der Waals surface area contributed by atoms with E-state index in [0.717, 1.165) is 17.3 Å². The van der Waals surface area contributed by atoms with Crippen LogP contribution in [0.4, 0.5) is 0 Å². The number of benzene rings is 1. The third-order valence-corrected chi connectivity index (χ3v) is 3.39. The van der Waals surface area contributed by atoms with Gasteiger partial charge in [-0.25, -0.2) is 0 Å². The first-order chi connectivity index (χ1) is 9.00. The maximum Gasteiger partial charge on any atom is 0.274 e. The molecular formula is C14H18ClN3O. The van der Waals surface area contributed by atoms with Gasteiger partial charge in [0.1, 0.15) is 0 Å². The summed E-state index contributed by atoms with van der Waals surface area (Å²) in [6.07, 6.45) is 0.772. The van der Waals surface area contributed by atoms with E-state index in [1.807, 2.05) is 38.2 Å². The number of hydrogen-bond donors (Lipinski definition) is 0. The average Bonchev–Trinajstić information content (AvgIpc) is 2.73. The lowest BCUT2D eigenvalue weighted by molar-refractivity contribution is 0.0789. The van der Waals surface area contributed by atoms with Gasteiger partial charge < -0.3 is 4.90 Å². The van der Waals surface area contributed by atoms with Crippen LogP contribution < -0.4 is 0 Å². The highest BCUT2D eigenvalue weighted by Gasteiger charge is 2.19. The fourth-order valence-electron chi connectivity index (χ4n) is 2.03. The lowest BCUT2D eigenvalue weighted by Gasteiger charge is -2.16. The monoisotopic (exact) mass is 279 g/mol. The molecule has 19 heavy (non-hydrogen) atoms. The van der Waals surface area contributed by atoms with Crippen molar-refractivity contribution >= 4 is 28.4 Å². The summed E-state index contributed by atoms with van der Waals surface area (Å²) in [6.45, 7) is 2.56. The largest absolute Gasteiger partial charge is 0.340 e. The summed E-state index contributed by atoms with van der Waals surface area (Å²) >= 11 is 5.91. The zero-order valence-electron chi connectivity index (χ0n) is 11.4. The molecule has 0 aliphatic heterocycles. The van der Waals surface area contributed by atoms with E-state index in [9.17, 15) is 4.79 Å². The van der Waals surface area contributed by atoms with Gasteiger partial charge in [-0.15, -0.1) is 11.6 Å². The molecule has 4 nitrogen and oxygen atoms in total. The smallest absolute Gasteiger partial charge is 0.274 e. The van der Waals surface area contributed by atoms with Gasteiger partial charge in [-0.05, 0) is 19.4 Å². The predicted molar refractivity (Wildman–Crippen MR) is 77.6 cm³/mol. The van der Waals surface area contributed by atoms with E-state index < -0.39 is 0 Å². The summed E-state index contributed by atoms with van der Waals surface area (Å²) in [5.41, 5.74) is 1.47. The molecule has 2 aromatic rings. The Morgan fingerprint density at radius 3 is 2.84 bits per heavy atom. The van der Waals surface area contributed by atoms with Gasteiger partial charge in [0, 0.05) is 31.4 Å². The van der Waals surface area contributed by atoms with Gasteiger partial charge in [0.25, 0.3) is 5.91 Å². The first-order valence-corrected chi connectivity index (χ1v) is 6.75. The number of alkyl halides is 1. The Morgan fingerprint density at radius 2 is 2.16 bits per heavy atom. The normalized spacial score (nSPS) is 12.6. The first-order valence-electron chi connectivity index (χ1n) is 6.32.